The molecule has 29 heavy (non-hydrogen) atoms. The van der Waals surface area contributed by atoms with E-state index in [-0.39, 0.29) is 17.2 Å². The van der Waals surface area contributed by atoms with E-state index in [9.17, 15) is 18.0 Å². The second kappa shape index (κ2) is 9.06. The zero-order chi connectivity index (χ0) is 21.8. The number of hydrogen-bond donors (Lipinski definition) is 2. The van der Waals surface area contributed by atoms with Crippen molar-refractivity contribution in [2.45, 2.75) is 38.7 Å². The quantitative estimate of drug-likeness (QED) is 0.662. The highest BCUT2D eigenvalue weighted by molar-refractivity contribution is 7.89. The monoisotopic (exact) mass is 420 g/mol. The molecule has 1 amide bonds. The SMILES string of the molecule is Cc1cc(C)c(OCC(=O)O[C@@H](C)C(=O)Nc2cccc(S(N)(=O)=O)c2)c(C)c1. The van der Waals surface area contributed by atoms with Crippen molar-refractivity contribution in [3.8, 4) is 5.75 Å². The number of nitrogens with two attached hydrogens (primary N) is 1. The first kappa shape index (κ1) is 22.4. The van der Waals surface area contributed by atoms with Crippen LogP contribution in [0.2, 0.25) is 0 Å². The Hall–Kier alpha value is -2.91. The molecular weight excluding hydrogens is 396 g/mol. The van der Waals surface area contributed by atoms with Crippen LogP contribution in [0.3, 0.4) is 0 Å². The number of esters is 1. The Morgan fingerprint density at radius 2 is 1.72 bits per heavy atom. The number of rotatable bonds is 7. The third kappa shape index (κ3) is 6.30. The Bertz CT molecular complexity index is 1010. The zero-order valence-corrected chi connectivity index (χ0v) is 17.5. The van der Waals surface area contributed by atoms with Gasteiger partial charge in [0.25, 0.3) is 5.91 Å². The molecular formula is C20H24N2O6S. The Balaban J connectivity index is 1.93. The van der Waals surface area contributed by atoms with Crippen molar-refractivity contribution in [1.82, 2.24) is 0 Å². The second-order valence-electron chi connectivity index (χ2n) is 6.71. The van der Waals surface area contributed by atoms with E-state index in [1.165, 1.54) is 31.2 Å². The van der Waals surface area contributed by atoms with Crippen LogP contribution in [-0.2, 0) is 24.3 Å². The maximum Gasteiger partial charge on any atom is 0.344 e. The Morgan fingerprint density at radius 1 is 1.10 bits per heavy atom. The minimum Gasteiger partial charge on any atom is -0.481 e. The molecule has 0 spiro atoms. The van der Waals surface area contributed by atoms with E-state index in [0.717, 1.165) is 16.7 Å². The average Bonchev–Trinajstić information content (AvgIpc) is 2.60. The van der Waals surface area contributed by atoms with Gasteiger partial charge in [0.15, 0.2) is 12.7 Å². The van der Waals surface area contributed by atoms with Crippen molar-refractivity contribution in [2.75, 3.05) is 11.9 Å². The number of aryl methyl sites for hydroxylation is 3. The van der Waals surface area contributed by atoms with Gasteiger partial charge in [0.2, 0.25) is 10.0 Å². The van der Waals surface area contributed by atoms with Crippen molar-refractivity contribution in [3.63, 3.8) is 0 Å². The van der Waals surface area contributed by atoms with Crippen LogP contribution in [0.1, 0.15) is 23.6 Å². The molecule has 2 aromatic carbocycles. The Labute approximate surface area is 170 Å². The third-order valence-electron chi connectivity index (χ3n) is 4.05. The van der Waals surface area contributed by atoms with Gasteiger partial charge in [-0.1, -0.05) is 23.8 Å². The number of anilines is 1. The topological polar surface area (TPSA) is 125 Å². The lowest BCUT2D eigenvalue weighted by molar-refractivity contribution is -0.155. The summed E-state index contributed by atoms with van der Waals surface area (Å²) < 4.78 is 33.4. The fourth-order valence-electron chi connectivity index (χ4n) is 2.80. The highest BCUT2D eigenvalue weighted by Crippen LogP contribution is 2.24. The molecule has 0 saturated carbocycles. The number of benzene rings is 2. The van der Waals surface area contributed by atoms with Crippen LogP contribution >= 0.6 is 0 Å². The van der Waals surface area contributed by atoms with Gasteiger partial charge in [-0.2, -0.15) is 0 Å². The predicted octanol–water partition coefficient (Wildman–Crippen LogP) is 2.21. The first-order valence-electron chi connectivity index (χ1n) is 8.81. The summed E-state index contributed by atoms with van der Waals surface area (Å²) in [5.41, 5.74) is 3.10. The van der Waals surface area contributed by atoms with Crippen LogP contribution < -0.4 is 15.2 Å². The fourth-order valence-corrected chi connectivity index (χ4v) is 3.36. The average molecular weight is 420 g/mol. The minimum absolute atomic E-state index is 0.141. The van der Waals surface area contributed by atoms with Gasteiger partial charge in [-0.15, -0.1) is 0 Å². The lowest BCUT2D eigenvalue weighted by Crippen LogP contribution is -2.31. The van der Waals surface area contributed by atoms with E-state index in [2.05, 4.69) is 5.32 Å². The molecule has 8 nitrogen and oxygen atoms in total. The number of primary sulfonamides is 1. The summed E-state index contributed by atoms with van der Waals surface area (Å²) in [5, 5.41) is 7.55. The highest BCUT2D eigenvalue weighted by Gasteiger charge is 2.19. The lowest BCUT2D eigenvalue weighted by Gasteiger charge is -2.16. The molecule has 0 aliphatic carbocycles. The molecule has 0 bridgehead atoms. The smallest absolute Gasteiger partial charge is 0.344 e. The van der Waals surface area contributed by atoms with Crippen LogP contribution in [0.4, 0.5) is 5.69 Å². The van der Waals surface area contributed by atoms with Gasteiger partial charge in [0.05, 0.1) is 4.90 Å². The highest BCUT2D eigenvalue weighted by atomic mass is 32.2. The molecule has 0 fully saturated rings. The molecule has 0 aromatic heterocycles. The molecule has 9 heteroatoms. The van der Waals surface area contributed by atoms with Crippen LogP contribution in [0.25, 0.3) is 0 Å². The van der Waals surface area contributed by atoms with Crippen LogP contribution in [0, 0.1) is 20.8 Å². The van der Waals surface area contributed by atoms with E-state index in [0.29, 0.717) is 5.75 Å². The van der Waals surface area contributed by atoms with Crippen molar-refractivity contribution in [2.24, 2.45) is 5.14 Å². The summed E-state index contributed by atoms with van der Waals surface area (Å²) in [6.45, 7) is 6.79. The maximum absolute atomic E-state index is 12.2. The van der Waals surface area contributed by atoms with E-state index in [4.69, 9.17) is 14.6 Å². The van der Waals surface area contributed by atoms with Crippen LogP contribution in [0.15, 0.2) is 41.3 Å². The maximum atomic E-state index is 12.2. The molecule has 0 aliphatic heterocycles. The molecule has 0 heterocycles. The number of sulfonamides is 1. The van der Waals surface area contributed by atoms with Crippen molar-refractivity contribution < 1.29 is 27.5 Å². The van der Waals surface area contributed by atoms with E-state index in [1.54, 1.807) is 0 Å². The lowest BCUT2D eigenvalue weighted by atomic mass is 10.1. The van der Waals surface area contributed by atoms with Gasteiger partial charge in [0.1, 0.15) is 5.75 Å². The minimum atomic E-state index is -3.90. The molecule has 3 N–H and O–H groups in total. The fraction of sp³-hybridized carbons (Fsp3) is 0.300. The molecule has 1 atom stereocenters. The van der Waals surface area contributed by atoms with Crippen LogP contribution in [-0.4, -0.2) is 33.0 Å². The Kier molecular flexibility index (Phi) is 6.99. The van der Waals surface area contributed by atoms with Gasteiger partial charge in [-0.05, 0) is 57.0 Å². The molecule has 2 rings (SSSR count). The number of hydrogen-bond acceptors (Lipinski definition) is 6. The van der Waals surface area contributed by atoms with E-state index in [1.807, 2.05) is 32.9 Å². The predicted molar refractivity (Wildman–Crippen MR) is 108 cm³/mol. The molecule has 2 aromatic rings. The molecule has 0 radical (unpaired) electrons. The largest absolute Gasteiger partial charge is 0.481 e. The first-order valence-corrected chi connectivity index (χ1v) is 10.4. The van der Waals surface area contributed by atoms with E-state index >= 15 is 0 Å². The summed E-state index contributed by atoms with van der Waals surface area (Å²) in [6, 6.07) is 9.34. The van der Waals surface area contributed by atoms with E-state index < -0.39 is 28.0 Å². The normalized spacial score (nSPS) is 12.2. The number of carbonyl (C=O) groups excluding carboxylic acids is 2. The third-order valence-corrected chi connectivity index (χ3v) is 4.96. The molecule has 0 saturated heterocycles. The van der Waals surface area contributed by atoms with Gasteiger partial charge < -0.3 is 14.8 Å². The second-order valence-corrected chi connectivity index (χ2v) is 8.27. The van der Waals surface area contributed by atoms with Crippen molar-refractivity contribution in [3.05, 3.63) is 53.1 Å². The van der Waals surface area contributed by atoms with Crippen molar-refractivity contribution >= 4 is 27.6 Å². The van der Waals surface area contributed by atoms with Gasteiger partial charge in [-0.25, -0.2) is 18.4 Å². The number of carbonyl (C=O) groups is 2. The van der Waals surface area contributed by atoms with Crippen LogP contribution in [0.5, 0.6) is 5.75 Å². The first-order chi connectivity index (χ1) is 13.5. The molecule has 0 unspecified atom stereocenters. The number of ether oxygens (including phenoxy) is 2. The summed E-state index contributed by atoms with van der Waals surface area (Å²) in [4.78, 5) is 24.1. The summed E-state index contributed by atoms with van der Waals surface area (Å²) in [7, 11) is -3.90. The number of amides is 1. The standard InChI is InChI=1S/C20H24N2O6S/c1-12-8-13(2)19(14(3)9-12)27-11-18(23)28-15(4)20(24)22-16-6-5-7-17(10-16)29(21,25)26/h5-10,15H,11H2,1-4H3,(H,22,24)(H2,21,25,26)/t15-/m0/s1. The van der Waals surface area contributed by atoms with Gasteiger partial charge in [0, 0.05) is 5.69 Å². The summed E-state index contributed by atoms with van der Waals surface area (Å²) in [6.07, 6.45) is -1.11. The van der Waals surface area contributed by atoms with Crippen molar-refractivity contribution in [1.29, 1.82) is 0 Å². The summed E-state index contributed by atoms with van der Waals surface area (Å²) in [5.74, 6) is -0.720. The zero-order valence-electron chi connectivity index (χ0n) is 16.7. The molecule has 0 aliphatic rings. The number of nitrogens with one attached hydrogen (secondary N) is 1. The van der Waals surface area contributed by atoms with Gasteiger partial charge >= 0.3 is 5.97 Å². The Morgan fingerprint density at radius 3 is 2.31 bits per heavy atom. The van der Waals surface area contributed by atoms with Gasteiger partial charge in [-0.3, -0.25) is 4.79 Å². The summed E-state index contributed by atoms with van der Waals surface area (Å²) >= 11 is 0. The molecule has 156 valence electrons.